The summed E-state index contributed by atoms with van der Waals surface area (Å²) in [7, 11) is 2.92. The lowest BCUT2D eigenvalue weighted by atomic mass is 10.1. The first-order chi connectivity index (χ1) is 14.3. The summed E-state index contributed by atoms with van der Waals surface area (Å²) in [6.07, 6.45) is 0. The highest BCUT2D eigenvalue weighted by atomic mass is 16.5. The Morgan fingerprint density at radius 2 is 1.70 bits per heavy atom. The Morgan fingerprint density at radius 1 is 0.967 bits per heavy atom. The van der Waals surface area contributed by atoms with E-state index in [1.54, 1.807) is 25.3 Å². The Balaban J connectivity index is 2.05. The van der Waals surface area contributed by atoms with Gasteiger partial charge >= 0.3 is 5.97 Å². The standard InChI is InChI=1S/C23H26N4O3/c1-23(2,3)27-22-25-17(15-9-7-6-8-10-15)14-20(26-22)24-18-13-16(21(28)30-5)11-12-19(18)29-4/h6-14H,1-5H3,(H2,24,25,26,27). The largest absolute Gasteiger partial charge is 0.495 e. The molecule has 0 aliphatic carbocycles. The molecule has 0 fully saturated rings. The Kier molecular flexibility index (Phi) is 6.20. The third-order valence-corrected chi connectivity index (χ3v) is 4.17. The van der Waals surface area contributed by atoms with E-state index < -0.39 is 5.97 Å². The third-order valence-electron chi connectivity index (χ3n) is 4.17. The summed E-state index contributed by atoms with van der Waals surface area (Å²) in [6, 6.07) is 16.8. The van der Waals surface area contributed by atoms with Crippen LogP contribution in [0.4, 0.5) is 17.5 Å². The number of aromatic nitrogens is 2. The van der Waals surface area contributed by atoms with E-state index in [2.05, 4.69) is 20.6 Å². The van der Waals surface area contributed by atoms with Crippen LogP contribution in [-0.2, 0) is 4.74 Å². The van der Waals surface area contributed by atoms with Crippen LogP contribution in [0.1, 0.15) is 31.1 Å². The van der Waals surface area contributed by atoms with Crippen LogP contribution in [0.5, 0.6) is 5.75 Å². The zero-order valence-corrected chi connectivity index (χ0v) is 17.8. The van der Waals surface area contributed by atoms with E-state index >= 15 is 0 Å². The zero-order valence-electron chi connectivity index (χ0n) is 17.8. The van der Waals surface area contributed by atoms with Crippen LogP contribution >= 0.6 is 0 Å². The summed E-state index contributed by atoms with van der Waals surface area (Å²) in [5, 5.41) is 6.57. The normalized spacial score (nSPS) is 11.0. The number of hydrogen-bond donors (Lipinski definition) is 2. The van der Waals surface area contributed by atoms with Crippen molar-refractivity contribution in [3.05, 3.63) is 60.2 Å². The van der Waals surface area contributed by atoms with Crippen molar-refractivity contribution in [2.24, 2.45) is 0 Å². The van der Waals surface area contributed by atoms with Crippen LogP contribution in [0, 0.1) is 0 Å². The number of nitrogens with one attached hydrogen (secondary N) is 2. The summed E-state index contributed by atoms with van der Waals surface area (Å²) >= 11 is 0. The lowest BCUT2D eigenvalue weighted by Gasteiger charge is -2.21. The number of ether oxygens (including phenoxy) is 2. The first-order valence-corrected chi connectivity index (χ1v) is 9.55. The van der Waals surface area contributed by atoms with Crippen LogP contribution in [0.15, 0.2) is 54.6 Å². The Morgan fingerprint density at radius 3 is 2.33 bits per heavy atom. The molecule has 7 heteroatoms. The molecule has 0 unspecified atom stereocenters. The molecule has 0 aliphatic rings. The summed E-state index contributed by atoms with van der Waals surface area (Å²) in [4.78, 5) is 21.2. The van der Waals surface area contributed by atoms with Crippen molar-refractivity contribution in [2.75, 3.05) is 24.9 Å². The number of anilines is 3. The van der Waals surface area contributed by atoms with Crippen molar-refractivity contribution in [1.29, 1.82) is 0 Å². The van der Waals surface area contributed by atoms with Crippen LogP contribution in [-0.4, -0.2) is 35.7 Å². The maximum absolute atomic E-state index is 11.9. The monoisotopic (exact) mass is 406 g/mol. The molecule has 0 spiro atoms. The molecule has 0 radical (unpaired) electrons. The Bertz CT molecular complexity index is 1030. The predicted molar refractivity (Wildman–Crippen MR) is 118 cm³/mol. The van der Waals surface area contributed by atoms with E-state index in [0.717, 1.165) is 11.3 Å². The molecule has 0 saturated heterocycles. The average Bonchev–Trinajstić information content (AvgIpc) is 2.72. The number of esters is 1. The first-order valence-electron chi connectivity index (χ1n) is 9.55. The van der Waals surface area contributed by atoms with Gasteiger partial charge in [-0.2, -0.15) is 4.98 Å². The number of carbonyl (C=O) groups is 1. The van der Waals surface area contributed by atoms with Gasteiger partial charge in [0.05, 0.1) is 31.2 Å². The van der Waals surface area contributed by atoms with E-state index in [1.165, 1.54) is 7.11 Å². The maximum atomic E-state index is 11.9. The van der Waals surface area contributed by atoms with Gasteiger partial charge in [-0.05, 0) is 39.0 Å². The SMILES string of the molecule is COC(=O)c1ccc(OC)c(Nc2cc(-c3ccccc3)nc(NC(C)(C)C)n2)c1. The maximum Gasteiger partial charge on any atom is 0.337 e. The molecule has 0 atom stereocenters. The molecule has 0 amide bonds. The molecule has 0 bridgehead atoms. The molecule has 2 N–H and O–H groups in total. The van der Waals surface area contributed by atoms with Gasteiger partial charge in [0.2, 0.25) is 5.95 Å². The van der Waals surface area contributed by atoms with Gasteiger partial charge in [0.1, 0.15) is 11.6 Å². The predicted octanol–water partition coefficient (Wildman–Crippen LogP) is 4.89. The molecule has 1 heterocycles. The van der Waals surface area contributed by atoms with Crippen molar-refractivity contribution in [3.8, 4) is 17.0 Å². The first kappa shape index (κ1) is 21.1. The highest BCUT2D eigenvalue weighted by Gasteiger charge is 2.16. The number of hydrogen-bond acceptors (Lipinski definition) is 7. The second kappa shape index (κ2) is 8.82. The highest BCUT2D eigenvalue weighted by molar-refractivity contribution is 5.91. The summed E-state index contributed by atoms with van der Waals surface area (Å²) < 4.78 is 10.3. The number of carbonyl (C=O) groups excluding carboxylic acids is 1. The van der Waals surface area contributed by atoms with E-state index in [4.69, 9.17) is 9.47 Å². The molecular weight excluding hydrogens is 380 g/mol. The zero-order chi connectivity index (χ0) is 21.7. The fraction of sp³-hybridized carbons (Fsp3) is 0.261. The number of nitrogens with zero attached hydrogens (tertiary/aromatic N) is 2. The Labute approximate surface area is 176 Å². The second-order valence-corrected chi connectivity index (χ2v) is 7.73. The lowest BCUT2D eigenvalue weighted by molar-refractivity contribution is 0.0600. The minimum atomic E-state index is -0.427. The van der Waals surface area contributed by atoms with Crippen molar-refractivity contribution in [2.45, 2.75) is 26.3 Å². The molecular formula is C23H26N4O3. The molecule has 156 valence electrons. The quantitative estimate of drug-likeness (QED) is 0.564. The molecule has 0 saturated carbocycles. The number of rotatable bonds is 6. The summed E-state index contributed by atoms with van der Waals surface area (Å²) in [5.41, 5.74) is 2.53. The third kappa shape index (κ3) is 5.26. The molecule has 2 aromatic carbocycles. The van der Waals surface area contributed by atoms with E-state index in [9.17, 15) is 4.79 Å². The molecule has 30 heavy (non-hydrogen) atoms. The molecule has 1 aromatic heterocycles. The summed E-state index contributed by atoms with van der Waals surface area (Å²) in [6.45, 7) is 6.13. The fourth-order valence-electron chi connectivity index (χ4n) is 2.85. The minimum absolute atomic E-state index is 0.213. The van der Waals surface area contributed by atoms with Gasteiger partial charge in [-0.3, -0.25) is 0 Å². The topological polar surface area (TPSA) is 85.4 Å². The molecule has 7 nitrogen and oxygen atoms in total. The average molecular weight is 406 g/mol. The fourth-order valence-corrected chi connectivity index (χ4v) is 2.85. The molecule has 3 aromatic rings. The second-order valence-electron chi connectivity index (χ2n) is 7.73. The van der Waals surface area contributed by atoms with Crippen molar-refractivity contribution < 1.29 is 14.3 Å². The van der Waals surface area contributed by atoms with Crippen LogP contribution < -0.4 is 15.4 Å². The minimum Gasteiger partial charge on any atom is -0.495 e. The van der Waals surface area contributed by atoms with Gasteiger partial charge in [0.25, 0.3) is 0 Å². The number of methoxy groups -OCH3 is 2. The van der Waals surface area contributed by atoms with Gasteiger partial charge in [-0.15, -0.1) is 0 Å². The van der Waals surface area contributed by atoms with Gasteiger partial charge in [-0.25, -0.2) is 9.78 Å². The van der Waals surface area contributed by atoms with Crippen molar-refractivity contribution in [1.82, 2.24) is 9.97 Å². The van der Waals surface area contributed by atoms with Crippen LogP contribution in [0.25, 0.3) is 11.3 Å². The van der Waals surface area contributed by atoms with E-state index in [1.807, 2.05) is 57.2 Å². The van der Waals surface area contributed by atoms with Gasteiger partial charge in [-0.1, -0.05) is 30.3 Å². The smallest absolute Gasteiger partial charge is 0.337 e. The van der Waals surface area contributed by atoms with Crippen LogP contribution in [0.2, 0.25) is 0 Å². The van der Waals surface area contributed by atoms with E-state index in [-0.39, 0.29) is 5.54 Å². The molecule has 3 rings (SSSR count). The van der Waals surface area contributed by atoms with Crippen molar-refractivity contribution >= 4 is 23.4 Å². The van der Waals surface area contributed by atoms with Gasteiger partial charge in [0.15, 0.2) is 0 Å². The molecule has 0 aliphatic heterocycles. The Hall–Kier alpha value is -3.61. The number of benzene rings is 2. The van der Waals surface area contributed by atoms with Crippen molar-refractivity contribution in [3.63, 3.8) is 0 Å². The van der Waals surface area contributed by atoms with Crippen LogP contribution in [0.3, 0.4) is 0 Å². The van der Waals surface area contributed by atoms with Gasteiger partial charge in [0, 0.05) is 17.2 Å². The lowest BCUT2D eigenvalue weighted by Crippen LogP contribution is -2.27. The van der Waals surface area contributed by atoms with Gasteiger partial charge < -0.3 is 20.1 Å². The summed E-state index contributed by atoms with van der Waals surface area (Å²) in [5.74, 6) is 1.21. The van der Waals surface area contributed by atoms with E-state index in [0.29, 0.717) is 28.8 Å². The highest BCUT2D eigenvalue weighted by Crippen LogP contribution is 2.30.